The quantitative estimate of drug-likeness (QED) is 0.760. The Morgan fingerprint density at radius 1 is 1.08 bits per heavy atom. The van der Waals surface area contributed by atoms with Gasteiger partial charge in [-0.2, -0.15) is 0 Å². The molecule has 0 bridgehead atoms. The Morgan fingerprint density at radius 2 is 1.77 bits per heavy atom. The van der Waals surface area contributed by atoms with Gasteiger partial charge in [-0.3, -0.25) is 4.79 Å². The number of anilines is 1. The SMILES string of the molecule is COc1ccc(OC)c(N(CCNS(=O)(=O)c2ccccc2)C(C)=O)c1. The Kier molecular flexibility index (Phi) is 6.59. The summed E-state index contributed by atoms with van der Waals surface area (Å²) in [5.41, 5.74) is 0.512. The van der Waals surface area contributed by atoms with Crippen molar-refractivity contribution in [1.29, 1.82) is 0 Å². The van der Waals surface area contributed by atoms with Crippen molar-refractivity contribution in [3.8, 4) is 11.5 Å². The fourth-order valence-electron chi connectivity index (χ4n) is 2.43. The van der Waals surface area contributed by atoms with Crippen LogP contribution in [0.3, 0.4) is 0 Å². The average Bonchev–Trinajstić information content (AvgIpc) is 2.65. The van der Waals surface area contributed by atoms with Gasteiger partial charge in [0.05, 0.1) is 24.8 Å². The predicted molar refractivity (Wildman–Crippen MR) is 99.2 cm³/mol. The zero-order valence-corrected chi connectivity index (χ0v) is 15.7. The number of nitrogens with zero attached hydrogens (tertiary/aromatic N) is 1. The van der Waals surface area contributed by atoms with Gasteiger partial charge in [-0.15, -0.1) is 0 Å². The molecule has 1 amide bonds. The van der Waals surface area contributed by atoms with Gasteiger partial charge in [0.2, 0.25) is 15.9 Å². The van der Waals surface area contributed by atoms with E-state index in [-0.39, 0.29) is 23.9 Å². The highest BCUT2D eigenvalue weighted by Crippen LogP contribution is 2.32. The first-order valence-corrected chi connectivity index (χ1v) is 9.42. The average molecular weight is 378 g/mol. The molecule has 0 unspecified atom stereocenters. The molecule has 0 aromatic heterocycles. The second kappa shape index (κ2) is 8.68. The Balaban J connectivity index is 2.16. The molecule has 0 spiro atoms. The van der Waals surface area contributed by atoms with Crippen molar-refractivity contribution < 1.29 is 22.7 Å². The van der Waals surface area contributed by atoms with E-state index in [0.717, 1.165) is 0 Å². The maximum atomic E-state index is 12.3. The molecule has 0 radical (unpaired) electrons. The minimum absolute atomic E-state index is 0.0527. The third kappa shape index (κ3) is 4.74. The summed E-state index contributed by atoms with van der Waals surface area (Å²) in [6.07, 6.45) is 0. The summed E-state index contributed by atoms with van der Waals surface area (Å²) in [4.78, 5) is 13.7. The lowest BCUT2D eigenvalue weighted by atomic mass is 10.2. The van der Waals surface area contributed by atoms with Crippen molar-refractivity contribution in [3.05, 3.63) is 48.5 Å². The molecular weight excluding hydrogens is 356 g/mol. The molecule has 0 saturated heterocycles. The number of hydrogen-bond donors (Lipinski definition) is 1. The van der Waals surface area contributed by atoms with Crippen LogP contribution in [-0.2, 0) is 14.8 Å². The number of hydrogen-bond acceptors (Lipinski definition) is 5. The summed E-state index contributed by atoms with van der Waals surface area (Å²) >= 11 is 0. The van der Waals surface area contributed by atoms with Gasteiger partial charge in [0.15, 0.2) is 0 Å². The third-order valence-electron chi connectivity index (χ3n) is 3.74. The van der Waals surface area contributed by atoms with E-state index in [4.69, 9.17) is 9.47 Å². The standard InChI is InChI=1S/C18H22N2O5S/c1-14(21)20(17-13-15(24-2)9-10-18(17)25-3)12-11-19-26(22,23)16-7-5-4-6-8-16/h4-10,13,19H,11-12H2,1-3H3. The highest BCUT2D eigenvalue weighted by molar-refractivity contribution is 7.89. The first-order chi connectivity index (χ1) is 12.4. The van der Waals surface area contributed by atoms with E-state index in [1.54, 1.807) is 36.4 Å². The van der Waals surface area contributed by atoms with Crippen LogP contribution in [-0.4, -0.2) is 41.6 Å². The maximum absolute atomic E-state index is 12.3. The summed E-state index contributed by atoms with van der Waals surface area (Å²) in [6.45, 7) is 1.60. The molecule has 1 N–H and O–H groups in total. The van der Waals surface area contributed by atoms with Crippen molar-refractivity contribution in [3.63, 3.8) is 0 Å². The number of nitrogens with one attached hydrogen (secondary N) is 1. The van der Waals surface area contributed by atoms with Crippen LogP contribution < -0.4 is 19.1 Å². The smallest absolute Gasteiger partial charge is 0.240 e. The minimum atomic E-state index is -3.64. The molecule has 0 aliphatic carbocycles. The number of benzene rings is 2. The van der Waals surface area contributed by atoms with E-state index in [0.29, 0.717) is 17.2 Å². The summed E-state index contributed by atoms with van der Waals surface area (Å²) in [5.74, 6) is 0.819. The molecule has 2 aromatic carbocycles. The highest BCUT2D eigenvalue weighted by atomic mass is 32.2. The Bertz CT molecular complexity index is 853. The van der Waals surface area contributed by atoms with Crippen molar-refractivity contribution in [2.75, 3.05) is 32.2 Å². The zero-order chi connectivity index (χ0) is 19.2. The van der Waals surface area contributed by atoms with Crippen LogP contribution >= 0.6 is 0 Å². The number of ether oxygens (including phenoxy) is 2. The second-order valence-electron chi connectivity index (χ2n) is 5.42. The zero-order valence-electron chi connectivity index (χ0n) is 14.9. The topological polar surface area (TPSA) is 84.9 Å². The van der Waals surface area contributed by atoms with Crippen molar-refractivity contribution in [1.82, 2.24) is 4.72 Å². The van der Waals surface area contributed by atoms with Crippen LogP contribution in [0.25, 0.3) is 0 Å². The molecule has 0 aliphatic heterocycles. The lowest BCUT2D eigenvalue weighted by molar-refractivity contribution is -0.116. The molecular formula is C18H22N2O5S. The van der Waals surface area contributed by atoms with Gasteiger partial charge in [-0.05, 0) is 24.3 Å². The molecule has 7 nitrogen and oxygen atoms in total. The molecule has 2 aromatic rings. The van der Waals surface area contributed by atoms with Gasteiger partial charge in [0.1, 0.15) is 11.5 Å². The first-order valence-electron chi connectivity index (χ1n) is 7.94. The first kappa shape index (κ1) is 19.7. The molecule has 0 fully saturated rings. The van der Waals surface area contributed by atoms with E-state index in [9.17, 15) is 13.2 Å². The number of methoxy groups -OCH3 is 2. The summed E-state index contributed by atoms with van der Waals surface area (Å²) in [7, 11) is -0.609. The fraction of sp³-hybridized carbons (Fsp3) is 0.278. The van der Waals surface area contributed by atoms with Crippen LogP contribution in [0.4, 0.5) is 5.69 Å². The van der Waals surface area contributed by atoms with Gasteiger partial charge in [0, 0.05) is 26.1 Å². The maximum Gasteiger partial charge on any atom is 0.240 e. The van der Waals surface area contributed by atoms with Gasteiger partial charge >= 0.3 is 0 Å². The molecule has 0 saturated carbocycles. The molecule has 140 valence electrons. The van der Waals surface area contributed by atoms with Crippen molar-refractivity contribution in [2.24, 2.45) is 0 Å². The summed E-state index contributed by atoms with van der Waals surface area (Å²) < 4.78 is 37.6. The number of sulfonamides is 1. The lowest BCUT2D eigenvalue weighted by Crippen LogP contribution is -2.37. The van der Waals surface area contributed by atoms with Crippen LogP contribution in [0.1, 0.15) is 6.92 Å². The largest absolute Gasteiger partial charge is 0.497 e. The highest BCUT2D eigenvalue weighted by Gasteiger charge is 2.19. The van der Waals surface area contributed by atoms with Crippen LogP contribution in [0, 0.1) is 0 Å². The van der Waals surface area contributed by atoms with Crippen LogP contribution in [0.15, 0.2) is 53.4 Å². The molecule has 2 rings (SSSR count). The normalized spacial score (nSPS) is 11.0. The van der Waals surface area contributed by atoms with E-state index >= 15 is 0 Å². The molecule has 8 heteroatoms. The minimum Gasteiger partial charge on any atom is -0.497 e. The van der Waals surface area contributed by atoms with Crippen molar-refractivity contribution >= 4 is 21.6 Å². The Morgan fingerprint density at radius 3 is 2.35 bits per heavy atom. The van der Waals surface area contributed by atoms with Crippen LogP contribution in [0.5, 0.6) is 11.5 Å². The van der Waals surface area contributed by atoms with Crippen molar-refractivity contribution in [2.45, 2.75) is 11.8 Å². The van der Waals surface area contributed by atoms with E-state index in [1.165, 1.54) is 38.2 Å². The summed E-state index contributed by atoms with van der Waals surface area (Å²) in [5, 5.41) is 0. The Hall–Kier alpha value is -2.58. The Labute approximate surface area is 153 Å². The number of rotatable bonds is 8. The van der Waals surface area contributed by atoms with Gasteiger partial charge in [-0.25, -0.2) is 13.1 Å². The molecule has 26 heavy (non-hydrogen) atoms. The molecule has 0 aliphatic rings. The van der Waals surface area contributed by atoms with Crippen LogP contribution in [0.2, 0.25) is 0 Å². The monoisotopic (exact) mass is 378 g/mol. The number of amides is 1. The van der Waals surface area contributed by atoms with Gasteiger partial charge in [0.25, 0.3) is 0 Å². The van der Waals surface area contributed by atoms with Gasteiger partial charge in [-0.1, -0.05) is 18.2 Å². The second-order valence-corrected chi connectivity index (χ2v) is 7.19. The predicted octanol–water partition coefficient (Wildman–Crippen LogP) is 2.04. The fourth-order valence-corrected chi connectivity index (χ4v) is 3.47. The van der Waals surface area contributed by atoms with E-state index in [1.807, 2.05) is 0 Å². The van der Waals surface area contributed by atoms with E-state index < -0.39 is 10.0 Å². The molecule has 0 atom stereocenters. The number of carbonyl (C=O) groups excluding carboxylic acids is 1. The lowest BCUT2D eigenvalue weighted by Gasteiger charge is -2.24. The molecule has 0 heterocycles. The number of carbonyl (C=O) groups is 1. The third-order valence-corrected chi connectivity index (χ3v) is 5.21. The van der Waals surface area contributed by atoms with E-state index in [2.05, 4.69) is 4.72 Å². The summed E-state index contributed by atoms with van der Waals surface area (Å²) in [6, 6.07) is 13.1. The van der Waals surface area contributed by atoms with Gasteiger partial charge < -0.3 is 14.4 Å².